The number of hydrogen-bond acceptors (Lipinski definition) is 4. The van der Waals surface area contributed by atoms with Gasteiger partial charge in [-0.05, 0) is 19.9 Å². The summed E-state index contributed by atoms with van der Waals surface area (Å²) in [5.41, 5.74) is 0.841. The van der Waals surface area contributed by atoms with E-state index in [9.17, 15) is 4.79 Å². The third kappa shape index (κ3) is 4.82. The van der Waals surface area contributed by atoms with Gasteiger partial charge in [0.1, 0.15) is 6.61 Å². The van der Waals surface area contributed by atoms with Gasteiger partial charge in [0.05, 0.1) is 13.2 Å². The van der Waals surface area contributed by atoms with E-state index >= 15 is 0 Å². The van der Waals surface area contributed by atoms with E-state index in [1.807, 2.05) is 19.9 Å². The molecule has 17 heavy (non-hydrogen) atoms. The Bertz CT molecular complexity index is 367. The van der Waals surface area contributed by atoms with Gasteiger partial charge in [-0.15, -0.1) is 0 Å². The first-order valence-electron chi connectivity index (χ1n) is 5.49. The molecule has 0 aliphatic rings. The molecule has 1 aromatic heterocycles. The van der Waals surface area contributed by atoms with E-state index in [0.717, 1.165) is 5.56 Å². The zero-order chi connectivity index (χ0) is 12.7. The summed E-state index contributed by atoms with van der Waals surface area (Å²) in [5.74, 6) is 0.377. The maximum absolute atomic E-state index is 11.4. The number of pyridine rings is 1. The lowest BCUT2D eigenvalue weighted by molar-refractivity contribution is -0.127. The second-order valence-electron chi connectivity index (χ2n) is 3.81. The Labute approximate surface area is 101 Å². The van der Waals surface area contributed by atoms with Crippen LogP contribution in [0.15, 0.2) is 18.3 Å². The summed E-state index contributed by atoms with van der Waals surface area (Å²) in [6, 6.07) is 3.66. The van der Waals surface area contributed by atoms with Crippen LogP contribution in [0.25, 0.3) is 0 Å². The molecule has 0 spiro atoms. The number of rotatable bonds is 6. The quantitative estimate of drug-likeness (QED) is 0.807. The second kappa shape index (κ2) is 6.85. The molecule has 0 unspecified atom stereocenters. The number of nitrogens with zero attached hydrogens (tertiary/aromatic N) is 1. The highest BCUT2D eigenvalue weighted by molar-refractivity contribution is 5.77. The van der Waals surface area contributed by atoms with Gasteiger partial charge in [-0.1, -0.05) is 6.07 Å². The zero-order valence-corrected chi connectivity index (χ0v) is 10.4. The molecule has 1 heterocycles. The molecule has 0 saturated carbocycles. The van der Waals surface area contributed by atoms with E-state index in [2.05, 4.69) is 10.3 Å². The standard InChI is InChI=1S/C12H18N2O3/c1-9(2)17-8-11(15)14-7-10-5-4-6-13-12(10)16-3/h4-6,9H,7-8H2,1-3H3,(H,14,15). The predicted octanol–water partition coefficient (Wildman–Crippen LogP) is 1.13. The highest BCUT2D eigenvalue weighted by atomic mass is 16.5. The van der Waals surface area contributed by atoms with Crippen molar-refractivity contribution in [1.29, 1.82) is 0 Å². The first-order chi connectivity index (χ1) is 8.13. The molecule has 0 bridgehead atoms. The maximum Gasteiger partial charge on any atom is 0.246 e. The Morgan fingerprint density at radius 2 is 2.29 bits per heavy atom. The minimum absolute atomic E-state index is 0.0497. The number of methoxy groups -OCH3 is 1. The van der Waals surface area contributed by atoms with Crippen molar-refractivity contribution in [3.8, 4) is 5.88 Å². The predicted molar refractivity (Wildman–Crippen MR) is 63.7 cm³/mol. The van der Waals surface area contributed by atoms with Crippen molar-refractivity contribution in [3.63, 3.8) is 0 Å². The Balaban J connectivity index is 2.42. The molecule has 0 radical (unpaired) electrons. The lowest BCUT2D eigenvalue weighted by atomic mass is 10.2. The Morgan fingerprint density at radius 1 is 1.53 bits per heavy atom. The van der Waals surface area contributed by atoms with Crippen LogP contribution in [0.2, 0.25) is 0 Å². The molecule has 5 heteroatoms. The van der Waals surface area contributed by atoms with Crippen LogP contribution in [0.3, 0.4) is 0 Å². The third-order valence-corrected chi connectivity index (χ3v) is 2.07. The van der Waals surface area contributed by atoms with Crippen molar-refractivity contribution in [3.05, 3.63) is 23.9 Å². The summed E-state index contributed by atoms with van der Waals surface area (Å²) >= 11 is 0. The van der Waals surface area contributed by atoms with Crippen LogP contribution in [0.5, 0.6) is 5.88 Å². The van der Waals surface area contributed by atoms with Crippen molar-refractivity contribution in [1.82, 2.24) is 10.3 Å². The molecule has 0 fully saturated rings. The van der Waals surface area contributed by atoms with Gasteiger partial charge in [0.25, 0.3) is 0 Å². The van der Waals surface area contributed by atoms with Crippen LogP contribution < -0.4 is 10.1 Å². The van der Waals surface area contributed by atoms with E-state index in [1.165, 1.54) is 0 Å². The van der Waals surface area contributed by atoms with Gasteiger partial charge >= 0.3 is 0 Å². The van der Waals surface area contributed by atoms with Crippen molar-refractivity contribution in [2.45, 2.75) is 26.5 Å². The SMILES string of the molecule is COc1ncccc1CNC(=O)COC(C)C. The Kier molecular flexibility index (Phi) is 5.42. The molecular formula is C12H18N2O3. The summed E-state index contributed by atoms with van der Waals surface area (Å²) in [6.07, 6.45) is 1.69. The molecule has 0 aromatic carbocycles. The lowest BCUT2D eigenvalue weighted by Gasteiger charge is -2.10. The summed E-state index contributed by atoms with van der Waals surface area (Å²) in [4.78, 5) is 15.5. The second-order valence-corrected chi connectivity index (χ2v) is 3.81. The topological polar surface area (TPSA) is 60.5 Å². The van der Waals surface area contributed by atoms with Gasteiger partial charge in [0, 0.05) is 18.3 Å². The first-order valence-corrected chi connectivity index (χ1v) is 5.49. The van der Waals surface area contributed by atoms with Gasteiger partial charge in [-0.2, -0.15) is 0 Å². The van der Waals surface area contributed by atoms with Crippen molar-refractivity contribution >= 4 is 5.91 Å². The molecule has 1 rings (SSSR count). The zero-order valence-electron chi connectivity index (χ0n) is 10.4. The normalized spacial score (nSPS) is 10.4. The monoisotopic (exact) mass is 238 g/mol. The van der Waals surface area contributed by atoms with Crippen LogP contribution in [0.1, 0.15) is 19.4 Å². The van der Waals surface area contributed by atoms with Crippen molar-refractivity contribution in [2.75, 3.05) is 13.7 Å². The number of aromatic nitrogens is 1. The summed E-state index contributed by atoms with van der Waals surface area (Å²) in [6.45, 7) is 4.23. The lowest BCUT2D eigenvalue weighted by Crippen LogP contribution is -2.28. The molecule has 0 aliphatic carbocycles. The van der Waals surface area contributed by atoms with Crippen LogP contribution in [0.4, 0.5) is 0 Å². The van der Waals surface area contributed by atoms with Gasteiger partial charge in [0.15, 0.2) is 0 Å². The van der Waals surface area contributed by atoms with Crippen molar-refractivity contribution in [2.24, 2.45) is 0 Å². The van der Waals surface area contributed by atoms with E-state index < -0.39 is 0 Å². The van der Waals surface area contributed by atoms with Crippen LogP contribution in [-0.4, -0.2) is 30.7 Å². The molecule has 1 aromatic rings. The number of nitrogens with one attached hydrogen (secondary N) is 1. The highest BCUT2D eigenvalue weighted by Gasteiger charge is 2.06. The average molecular weight is 238 g/mol. The number of carbonyl (C=O) groups is 1. The minimum Gasteiger partial charge on any atom is -0.481 e. The number of hydrogen-bond donors (Lipinski definition) is 1. The molecule has 94 valence electrons. The minimum atomic E-state index is -0.149. The fourth-order valence-electron chi connectivity index (χ4n) is 1.23. The van der Waals surface area contributed by atoms with Gasteiger partial charge in [0.2, 0.25) is 11.8 Å². The average Bonchev–Trinajstić information content (AvgIpc) is 2.34. The van der Waals surface area contributed by atoms with Crippen LogP contribution in [-0.2, 0) is 16.1 Å². The van der Waals surface area contributed by atoms with Crippen LogP contribution in [0, 0.1) is 0 Å². The molecule has 0 atom stereocenters. The Morgan fingerprint density at radius 3 is 2.94 bits per heavy atom. The summed E-state index contributed by atoms with van der Waals surface area (Å²) in [5, 5.41) is 2.75. The number of amides is 1. The molecule has 1 N–H and O–H groups in total. The van der Waals surface area contributed by atoms with E-state index in [4.69, 9.17) is 9.47 Å². The fraction of sp³-hybridized carbons (Fsp3) is 0.500. The third-order valence-electron chi connectivity index (χ3n) is 2.07. The Hall–Kier alpha value is -1.62. The van der Waals surface area contributed by atoms with Gasteiger partial charge < -0.3 is 14.8 Å². The van der Waals surface area contributed by atoms with Gasteiger partial charge in [-0.25, -0.2) is 4.98 Å². The molecule has 1 amide bonds. The highest BCUT2D eigenvalue weighted by Crippen LogP contribution is 2.12. The molecule has 5 nitrogen and oxygen atoms in total. The largest absolute Gasteiger partial charge is 0.481 e. The smallest absolute Gasteiger partial charge is 0.246 e. The first kappa shape index (κ1) is 13.4. The maximum atomic E-state index is 11.4. The molecular weight excluding hydrogens is 220 g/mol. The molecule has 0 aliphatic heterocycles. The number of carbonyl (C=O) groups excluding carboxylic acids is 1. The number of ether oxygens (including phenoxy) is 2. The molecule has 0 saturated heterocycles. The summed E-state index contributed by atoms with van der Waals surface area (Å²) < 4.78 is 10.3. The van der Waals surface area contributed by atoms with Crippen molar-refractivity contribution < 1.29 is 14.3 Å². The summed E-state index contributed by atoms with van der Waals surface area (Å²) in [7, 11) is 1.55. The van der Waals surface area contributed by atoms with Gasteiger partial charge in [-0.3, -0.25) is 4.79 Å². The van der Waals surface area contributed by atoms with E-state index in [1.54, 1.807) is 19.4 Å². The fourth-order valence-corrected chi connectivity index (χ4v) is 1.23. The van der Waals surface area contributed by atoms with E-state index in [-0.39, 0.29) is 18.6 Å². The van der Waals surface area contributed by atoms with Crippen LogP contribution >= 0.6 is 0 Å². The van der Waals surface area contributed by atoms with E-state index in [0.29, 0.717) is 12.4 Å².